The molecule has 11 nitrogen and oxygen atoms in total. The van der Waals surface area contributed by atoms with Crippen LogP contribution in [0.4, 0.5) is 5.95 Å². The van der Waals surface area contributed by atoms with Gasteiger partial charge < -0.3 is 15.2 Å². The number of carbonyl (C=O) groups is 3. The number of fused-ring (bicyclic) bond motifs is 1. The lowest BCUT2D eigenvalue weighted by atomic mass is 10.3. The Kier molecular flexibility index (Phi) is 5.50. The minimum absolute atomic E-state index is 0.0539. The average molecular weight is 363 g/mol. The average Bonchev–Trinajstić information content (AvgIpc) is 2.96. The fraction of sp³-hybridized carbons (Fsp3) is 0.333. The van der Waals surface area contributed by atoms with Crippen LogP contribution >= 0.6 is 0 Å². The molecule has 0 saturated heterocycles. The van der Waals surface area contributed by atoms with E-state index in [4.69, 9.17) is 15.2 Å². The van der Waals surface area contributed by atoms with Gasteiger partial charge in [-0.2, -0.15) is 4.98 Å². The number of imidazole rings is 1. The van der Waals surface area contributed by atoms with Crippen LogP contribution in [0.2, 0.25) is 0 Å². The molecule has 0 aromatic carbocycles. The summed E-state index contributed by atoms with van der Waals surface area (Å²) in [6.45, 7) is 4.50. The predicted octanol–water partition coefficient (Wildman–Crippen LogP) is -0.198. The van der Waals surface area contributed by atoms with Gasteiger partial charge in [0.25, 0.3) is 5.56 Å². The van der Waals surface area contributed by atoms with Gasteiger partial charge in [-0.3, -0.25) is 14.2 Å². The summed E-state index contributed by atoms with van der Waals surface area (Å²) < 4.78 is 11.4. The first-order valence-corrected chi connectivity index (χ1v) is 7.64. The van der Waals surface area contributed by atoms with Crippen LogP contribution in [-0.4, -0.2) is 50.2 Å². The van der Waals surface area contributed by atoms with Crippen molar-refractivity contribution in [2.24, 2.45) is 0 Å². The Morgan fingerprint density at radius 3 is 2.46 bits per heavy atom. The number of nitrogens with two attached hydrogens (primary N) is 1. The van der Waals surface area contributed by atoms with E-state index in [1.807, 2.05) is 0 Å². The topological polar surface area (TPSA) is 148 Å². The van der Waals surface area contributed by atoms with Gasteiger partial charge in [0.05, 0.1) is 19.3 Å². The van der Waals surface area contributed by atoms with E-state index in [0.717, 1.165) is 23.9 Å². The number of nitrogen functional groups attached to an aromatic ring is 1. The van der Waals surface area contributed by atoms with Crippen molar-refractivity contribution in [3.8, 4) is 0 Å². The van der Waals surface area contributed by atoms with Gasteiger partial charge in [-0.25, -0.2) is 19.1 Å². The highest BCUT2D eigenvalue weighted by Crippen LogP contribution is 2.16. The largest absolute Gasteiger partial charge is 0.463 e. The van der Waals surface area contributed by atoms with Gasteiger partial charge in [0.15, 0.2) is 11.2 Å². The third-order valence-corrected chi connectivity index (χ3v) is 3.20. The molecule has 0 unspecified atom stereocenters. The highest BCUT2D eigenvalue weighted by Gasteiger charge is 2.22. The van der Waals surface area contributed by atoms with Crippen molar-refractivity contribution in [1.29, 1.82) is 0 Å². The number of esters is 2. The maximum absolute atomic E-state index is 12.4. The molecular weight excluding hydrogens is 346 g/mol. The summed E-state index contributed by atoms with van der Waals surface area (Å²) in [5.41, 5.74) is 4.30. The zero-order valence-corrected chi connectivity index (χ0v) is 14.4. The maximum Gasteiger partial charge on any atom is 0.355 e. The molecule has 2 aromatic rings. The van der Waals surface area contributed by atoms with Crippen molar-refractivity contribution in [2.75, 3.05) is 18.9 Å². The van der Waals surface area contributed by atoms with Crippen LogP contribution in [0.3, 0.4) is 0 Å². The van der Waals surface area contributed by atoms with Crippen molar-refractivity contribution in [1.82, 2.24) is 19.1 Å². The number of aromatic nitrogens is 4. The first kappa shape index (κ1) is 18.8. The lowest BCUT2D eigenvalue weighted by molar-refractivity contribution is -0.139. The second kappa shape index (κ2) is 7.59. The summed E-state index contributed by atoms with van der Waals surface area (Å²) in [6, 6.07) is 0. The monoisotopic (exact) mass is 363 g/mol. The van der Waals surface area contributed by atoms with Crippen LogP contribution in [0.15, 0.2) is 17.2 Å². The summed E-state index contributed by atoms with van der Waals surface area (Å²) >= 11 is 0. The van der Waals surface area contributed by atoms with Crippen LogP contribution in [0.25, 0.3) is 16.9 Å². The fourth-order valence-corrected chi connectivity index (χ4v) is 2.18. The van der Waals surface area contributed by atoms with E-state index in [0.29, 0.717) is 4.57 Å². The summed E-state index contributed by atoms with van der Waals surface area (Å²) in [7, 11) is 0. The van der Waals surface area contributed by atoms with E-state index in [1.54, 1.807) is 13.8 Å². The van der Waals surface area contributed by atoms with Crippen molar-refractivity contribution in [3.63, 3.8) is 0 Å². The third kappa shape index (κ3) is 3.45. The molecule has 2 rings (SSSR count). The van der Waals surface area contributed by atoms with Gasteiger partial charge in [0, 0.05) is 6.92 Å². The first-order valence-electron chi connectivity index (χ1n) is 7.64. The van der Waals surface area contributed by atoms with Crippen LogP contribution in [0.1, 0.15) is 25.6 Å². The molecule has 0 radical (unpaired) electrons. The van der Waals surface area contributed by atoms with Gasteiger partial charge in [0.2, 0.25) is 11.9 Å². The fourth-order valence-electron chi connectivity index (χ4n) is 2.18. The van der Waals surface area contributed by atoms with Gasteiger partial charge in [-0.05, 0) is 13.8 Å². The Balaban J connectivity index is 2.72. The smallest absolute Gasteiger partial charge is 0.355 e. The first-order chi connectivity index (χ1) is 12.3. The summed E-state index contributed by atoms with van der Waals surface area (Å²) in [5.74, 6) is -2.65. The molecule has 0 aliphatic rings. The third-order valence-electron chi connectivity index (χ3n) is 3.20. The Bertz CT molecular complexity index is 971. The zero-order chi connectivity index (χ0) is 19.4. The molecule has 0 bridgehead atoms. The summed E-state index contributed by atoms with van der Waals surface area (Å²) in [5, 5.41) is 0. The zero-order valence-electron chi connectivity index (χ0n) is 14.4. The molecule has 11 heteroatoms. The number of ether oxygens (including phenoxy) is 2. The van der Waals surface area contributed by atoms with Crippen LogP contribution < -0.4 is 11.3 Å². The summed E-state index contributed by atoms with van der Waals surface area (Å²) in [4.78, 5) is 55.7. The van der Waals surface area contributed by atoms with Crippen molar-refractivity contribution < 1.29 is 23.9 Å². The SMILES string of the molecule is CCOC(=O)/C=C(/C(=O)OCC)n1cnc2c(=O)n(C(C)=O)c(N)nc21. The number of hydrogen-bond donors (Lipinski definition) is 1. The van der Waals surface area contributed by atoms with E-state index in [9.17, 15) is 19.2 Å². The Labute approximate surface area is 147 Å². The Morgan fingerprint density at radius 1 is 1.23 bits per heavy atom. The number of nitrogens with zero attached hydrogens (tertiary/aromatic N) is 4. The van der Waals surface area contributed by atoms with Crippen molar-refractivity contribution in [2.45, 2.75) is 20.8 Å². The quantitative estimate of drug-likeness (QED) is 0.563. The van der Waals surface area contributed by atoms with E-state index in [2.05, 4.69) is 9.97 Å². The normalized spacial score (nSPS) is 11.4. The van der Waals surface area contributed by atoms with Gasteiger partial charge >= 0.3 is 11.9 Å². The molecule has 0 aliphatic carbocycles. The van der Waals surface area contributed by atoms with E-state index >= 15 is 0 Å². The minimum atomic E-state index is -0.851. The van der Waals surface area contributed by atoms with Crippen LogP contribution in [0, 0.1) is 0 Å². The molecule has 0 aliphatic heterocycles. The maximum atomic E-state index is 12.4. The number of carbonyl (C=O) groups excluding carboxylic acids is 3. The van der Waals surface area contributed by atoms with Crippen molar-refractivity contribution in [3.05, 3.63) is 22.8 Å². The molecule has 0 spiro atoms. The standard InChI is InChI=1S/C15H17N5O6/c1-4-25-10(22)6-9(14(24)26-5-2)19-7-17-11-12(19)18-15(16)20(8(3)21)13(11)23/h6-7H,4-5H2,1-3H3,(H2,16,18)/b9-6-. The van der Waals surface area contributed by atoms with Crippen LogP contribution in [-0.2, 0) is 19.1 Å². The number of hydrogen-bond acceptors (Lipinski definition) is 9. The predicted molar refractivity (Wildman–Crippen MR) is 90.0 cm³/mol. The molecule has 0 atom stereocenters. The molecule has 0 amide bonds. The Hall–Kier alpha value is -3.50. The highest BCUT2D eigenvalue weighted by atomic mass is 16.5. The molecular formula is C15H17N5O6. The van der Waals surface area contributed by atoms with Crippen LogP contribution in [0.5, 0.6) is 0 Å². The lowest BCUT2D eigenvalue weighted by Crippen LogP contribution is -2.29. The minimum Gasteiger partial charge on any atom is -0.463 e. The second-order valence-corrected chi connectivity index (χ2v) is 4.92. The van der Waals surface area contributed by atoms with E-state index < -0.39 is 23.4 Å². The molecule has 0 fully saturated rings. The molecule has 26 heavy (non-hydrogen) atoms. The molecule has 138 valence electrons. The Morgan fingerprint density at radius 2 is 1.88 bits per heavy atom. The lowest BCUT2D eigenvalue weighted by Gasteiger charge is -2.09. The molecule has 2 aromatic heterocycles. The van der Waals surface area contributed by atoms with Gasteiger partial charge in [-0.15, -0.1) is 0 Å². The van der Waals surface area contributed by atoms with Crippen molar-refractivity contribution >= 4 is 40.7 Å². The molecule has 2 N–H and O–H groups in total. The number of rotatable bonds is 5. The highest BCUT2D eigenvalue weighted by molar-refractivity contribution is 6.16. The number of anilines is 1. The van der Waals surface area contributed by atoms with Gasteiger partial charge in [0.1, 0.15) is 12.0 Å². The van der Waals surface area contributed by atoms with E-state index in [-0.39, 0.29) is 36.0 Å². The van der Waals surface area contributed by atoms with E-state index in [1.165, 1.54) is 0 Å². The molecule has 2 heterocycles. The molecule has 0 saturated carbocycles. The summed E-state index contributed by atoms with van der Waals surface area (Å²) in [6.07, 6.45) is 2.00. The second-order valence-electron chi connectivity index (χ2n) is 4.92. The van der Waals surface area contributed by atoms with Gasteiger partial charge in [-0.1, -0.05) is 0 Å².